The zero-order chi connectivity index (χ0) is 33.2. The minimum Gasteiger partial charge on any atom is -0.458 e. The fraction of sp³-hybridized carbons (Fsp3) is 0.242. The minimum absolute atomic E-state index is 0.0415. The quantitative estimate of drug-likeness (QED) is 0.106. The van der Waals surface area contributed by atoms with Gasteiger partial charge in [-0.1, -0.05) is 73.3 Å². The first-order valence-electron chi connectivity index (χ1n) is 14.1. The van der Waals surface area contributed by atoms with E-state index >= 15 is 0 Å². The number of aliphatic hydroxyl groups excluding tert-OH is 1. The van der Waals surface area contributed by atoms with Crippen LogP contribution in [0.2, 0.25) is 0 Å². The summed E-state index contributed by atoms with van der Waals surface area (Å²) >= 11 is 5.71. The third-order valence-corrected chi connectivity index (χ3v) is 11.0. The van der Waals surface area contributed by atoms with Crippen LogP contribution in [0, 0.1) is 0 Å². The fourth-order valence-electron chi connectivity index (χ4n) is 5.66. The lowest BCUT2D eigenvalue weighted by atomic mass is 9.88. The van der Waals surface area contributed by atoms with Crippen LogP contribution in [0.15, 0.2) is 97.2 Å². The largest absolute Gasteiger partial charge is 0.458 e. The Bertz CT molecular complexity index is 1790. The van der Waals surface area contributed by atoms with Gasteiger partial charge in [0.15, 0.2) is 33.1 Å². The number of aliphatic hydroxyl groups is 1. The highest BCUT2D eigenvalue weighted by atomic mass is 35.5. The number of alkyl halides is 1. The van der Waals surface area contributed by atoms with Gasteiger partial charge in [-0.05, 0) is 36.3 Å². The smallest absolute Gasteiger partial charge is 0.338 e. The predicted molar refractivity (Wildman–Crippen MR) is 167 cm³/mol. The molecule has 5 rings (SSSR count). The second kappa shape index (κ2) is 13.0. The molecule has 0 bridgehead atoms. The molecule has 3 unspecified atom stereocenters. The number of β-lactam (4-membered cyclic amide) rings is 1. The Balaban J connectivity index is 1.57. The van der Waals surface area contributed by atoms with Crippen molar-refractivity contribution < 1.29 is 42.2 Å². The Kier molecular flexibility index (Phi) is 9.24. The van der Waals surface area contributed by atoms with Gasteiger partial charge in [-0.25, -0.2) is 18.0 Å². The number of ether oxygens (including phenoxy) is 2. The molecule has 3 aromatic rings. The highest BCUT2D eigenvalue weighted by Crippen LogP contribution is 2.51. The number of carbonyl (C=O) groups is 4. The maximum Gasteiger partial charge on any atom is 0.338 e. The Hall–Kier alpha value is -4.65. The van der Waals surface area contributed by atoms with E-state index in [1.807, 2.05) is 0 Å². The van der Waals surface area contributed by atoms with E-state index < -0.39 is 67.7 Å². The number of sulfone groups is 1. The van der Waals surface area contributed by atoms with Crippen molar-refractivity contribution in [2.75, 3.05) is 12.5 Å². The van der Waals surface area contributed by atoms with E-state index in [0.717, 1.165) is 11.8 Å². The van der Waals surface area contributed by atoms with Gasteiger partial charge < -0.3 is 19.5 Å². The van der Waals surface area contributed by atoms with Crippen LogP contribution in [-0.4, -0.2) is 81.8 Å². The zero-order valence-electron chi connectivity index (χ0n) is 24.5. The highest BCUT2D eigenvalue weighted by Gasteiger charge is 2.75. The Morgan fingerprint density at radius 1 is 1.09 bits per heavy atom. The Morgan fingerprint density at radius 2 is 1.70 bits per heavy atom. The standard InChI is InChI=1S/C33H29ClN2O9S/c1-3-16-44-31(40)22-14-15-35-23(17-22)18-24-29(39)36-27(33(2,28(38)25(37)19-34)46(42,43)30(24)36)32(41)45-26(20-10-6-4-7-11-20)21-12-8-5-9-13-21/h3-15,17-18,26-28,30,38H,1,16,19H2,2H3/b24-18-/t27-,28?,30?,33?/m0/s1. The number of esters is 2. The summed E-state index contributed by atoms with van der Waals surface area (Å²) in [6.45, 7) is 4.47. The number of amides is 1. The monoisotopic (exact) mass is 664 g/mol. The molecular weight excluding hydrogens is 636 g/mol. The number of rotatable bonds is 11. The van der Waals surface area contributed by atoms with Crippen molar-refractivity contribution in [2.45, 2.75) is 35.3 Å². The minimum atomic E-state index is -4.71. The average Bonchev–Trinajstić information content (AvgIpc) is 3.25. The van der Waals surface area contributed by atoms with Gasteiger partial charge in [0, 0.05) is 6.20 Å². The van der Waals surface area contributed by atoms with E-state index in [1.54, 1.807) is 60.7 Å². The predicted octanol–water partition coefficient (Wildman–Crippen LogP) is 3.03. The van der Waals surface area contributed by atoms with Crippen LogP contribution in [0.25, 0.3) is 6.08 Å². The summed E-state index contributed by atoms with van der Waals surface area (Å²) in [5.74, 6) is -4.50. The maximum absolute atomic E-state index is 14.2. The highest BCUT2D eigenvalue weighted by molar-refractivity contribution is 7.94. The molecule has 1 N–H and O–H groups in total. The third-order valence-electron chi connectivity index (χ3n) is 8.02. The number of Topliss-reactive ketones (excluding diaryl/α,β-unsaturated/α-hetero) is 1. The van der Waals surface area contributed by atoms with Gasteiger partial charge in [-0.3, -0.25) is 14.6 Å². The average molecular weight is 665 g/mol. The molecule has 11 nitrogen and oxygen atoms in total. The number of pyridine rings is 1. The second-order valence-electron chi connectivity index (χ2n) is 10.8. The molecule has 0 spiro atoms. The van der Waals surface area contributed by atoms with Gasteiger partial charge in [-0.15, -0.1) is 11.6 Å². The van der Waals surface area contributed by atoms with Gasteiger partial charge in [-0.2, -0.15) is 0 Å². The van der Waals surface area contributed by atoms with E-state index in [1.165, 1.54) is 30.5 Å². The normalized spacial score (nSPS) is 22.9. The van der Waals surface area contributed by atoms with E-state index in [4.69, 9.17) is 21.1 Å². The van der Waals surface area contributed by atoms with Crippen molar-refractivity contribution in [3.63, 3.8) is 0 Å². The van der Waals surface area contributed by atoms with Crippen molar-refractivity contribution in [1.29, 1.82) is 0 Å². The molecule has 238 valence electrons. The number of hydrogen-bond donors (Lipinski definition) is 1. The molecule has 1 aromatic heterocycles. The lowest BCUT2D eigenvalue weighted by molar-refractivity contribution is -0.162. The summed E-state index contributed by atoms with van der Waals surface area (Å²) in [5, 5.41) is 9.41. The van der Waals surface area contributed by atoms with Gasteiger partial charge in [0.25, 0.3) is 5.91 Å². The molecule has 2 fully saturated rings. The first kappa shape index (κ1) is 32.7. The van der Waals surface area contributed by atoms with Crippen LogP contribution in [0.4, 0.5) is 0 Å². The van der Waals surface area contributed by atoms with Crippen molar-refractivity contribution in [2.24, 2.45) is 0 Å². The van der Waals surface area contributed by atoms with Crippen molar-refractivity contribution in [3.8, 4) is 0 Å². The number of fused-ring (bicyclic) bond motifs is 1. The molecule has 2 aliphatic heterocycles. The molecule has 4 atom stereocenters. The summed E-state index contributed by atoms with van der Waals surface area (Å²) < 4.78 is 36.9. The molecule has 2 aromatic carbocycles. The molecule has 2 saturated heterocycles. The van der Waals surface area contributed by atoms with Gasteiger partial charge >= 0.3 is 11.9 Å². The van der Waals surface area contributed by atoms with E-state index in [-0.39, 0.29) is 23.4 Å². The SMILES string of the molecule is C=CCOC(=O)c1ccnc(/C=C2/C(=O)N3C2S(=O)(=O)C(C)(C(O)C(=O)CCl)[C@@H]3C(=O)OC(c2ccccc2)c2ccccc2)c1. The third kappa shape index (κ3) is 5.52. The van der Waals surface area contributed by atoms with E-state index in [2.05, 4.69) is 11.6 Å². The molecule has 13 heteroatoms. The maximum atomic E-state index is 14.2. The number of carbonyl (C=O) groups excluding carboxylic acids is 4. The molecule has 0 radical (unpaired) electrons. The summed E-state index contributed by atoms with van der Waals surface area (Å²) in [7, 11) is -4.71. The lowest BCUT2D eigenvalue weighted by Gasteiger charge is -2.39. The number of benzene rings is 2. The van der Waals surface area contributed by atoms with Crippen LogP contribution >= 0.6 is 11.6 Å². The molecule has 1 amide bonds. The molecule has 46 heavy (non-hydrogen) atoms. The van der Waals surface area contributed by atoms with Crippen LogP contribution < -0.4 is 0 Å². The van der Waals surface area contributed by atoms with Crippen LogP contribution in [0.1, 0.15) is 40.2 Å². The summed E-state index contributed by atoms with van der Waals surface area (Å²) in [6, 6.07) is 18.1. The lowest BCUT2D eigenvalue weighted by Crippen LogP contribution is -2.62. The summed E-state index contributed by atoms with van der Waals surface area (Å²) in [5.41, 5.74) is 0.991. The Labute approximate surface area is 270 Å². The zero-order valence-corrected chi connectivity index (χ0v) is 26.1. The van der Waals surface area contributed by atoms with Crippen molar-refractivity contribution in [1.82, 2.24) is 9.88 Å². The number of nitrogens with zero attached hydrogens (tertiary/aromatic N) is 2. The summed E-state index contributed by atoms with van der Waals surface area (Å²) in [6.07, 6.45) is 0.548. The fourth-order valence-corrected chi connectivity index (χ4v) is 8.27. The Morgan fingerprint density at radius 3 is 2.26 bits per heavy atom. The molecule has 2 aliphatic rings. The van der Waals surface area contributed by atoms with Gasteiger partial charge in [0.05, 0.1) is 22.7 Å². The molecule has 3 heterocycles. The number of hydrogen-bond acceptors (Lipinski definition) is 10. The topological polar surface area (TPSA) is 157 Å². The number of ketones is 1. The van der Waals surface area contributed by atoms with Gasteiger partial charge in [0.2, 0.25) is 0 Å². The van der Waals surface area contributed by atoms with Gasteiger partial charge in [0.1, 0.15) is 17.5 Å². The molecule has 0 saturated carbocycles. The van der Waals surface area contributed by atoms with E-state index in [9.17, 15) is 32.7 Å². The van der Waals surface area contributed by atoms with Crippen LogP contribution in [-0.2, 0) is 33.7 Å². The number of halogens is 1. The van der Waals surface area contributed by atoms with Crippen LogP contribution in [0.3, 0.4) is 0 Å². The first-order valence-corrected chi connectivity index (χ1v) is 16.1. The number of aromatic nitrogens is 1. The first-order chi connectivity index (χ1) is 22.0. The second-order valence-corrected chi connectivity index (χ2v) is 13.5. The summed E-state index contributed by atoms with van der Waals surface area (Å²) in [4.78, 5) is 57.7. The van der Waals surface area contributed by atoms with E-state index in [0.29, 0.717) is 11.1 Å². The van der Waals surface area contributed by atoms with Crippen molar-refractivity contribution >= 4 is 51.1 Å². The van der Waals surface area contributed by atoms with Crippen LogP contribution in [0.5, 0.6) is 0 Å². The molecule has 0 aliphatic carbocycles. The molecular formula is C33H29ClN2O9S. The van der Waals surface area contributed by atoms with Crippen molar-refractivity contribution in [3.05, 3.63) is 120 Å².